The van der Waals surface area contributed by atoms with E-state index in [1.54, 1.807) is 4.90 Å². The van der Waals surface area contributed by atoms with Gasteiger partial charge in [0.15, 0.2) is 0 Å². The Morgan fingerprint density at radius 2 is 1.75 bits per heavy atom. The number of ether oxygens (including phenoxy) is 2. The average Bonchev–Trinajstić information content (AvgIpc) is 2.60. The number of benzene rings is 2. The lowest BCUT2D eigenvalue weighted by molar-refractivity contribution is 0.0209. The zero-order valence-corrected chi connectivity index (χ0v) is 19.0. The van der Waals surface area contributed by atoms with E-state index in [0.29, 0.717) is 25.6 Å². The third-order valence-electron chi connectivity index (χ3n) is 3.90. The van der Waals surface area contributed by atoms with Crippen molar-refractivity contribution in [3.05, 3.63) is 64.1 Å². The van der Waals surface area contributed by atoms with Gasteiger partial charge in [0.2, 0.25) is 0 Å². The maximum atomic E-state index is 12.7. The number of nitrogens with zero attached hydrogens (tertiary/aromatic N) is 1. The van der Waals surface area contributed by atoms with E-state index >= 15 is 0 Å². The summed E-state index contributed by atoms with van der Waals surface area (Å²) < 4.78 is 12.6. The van der Waals surface area contributed by atoms with Crippen LogP contribution in [0.15, 0.2) is 53.0 Å². The molecule has 1 amide bonds. The van der Waals surface area contributed by atoms with Crippen LogP contribution in [0.1, 0.15) is 45.7 Å². The zero-order chi connectivity index (χ0) is 20.7. The van der Waals surface area contributed by atoms with Crippen LogP contribution in [0.3, 0.4) is 0 Å². The number of amides is 1. The highest BCUT2D eigenvalue weighted by Gasteiger charge is 2.24. The molecule has 0 aromatic heterocycles. The summed E-state index contributed by atoms with van der Waals surface area (Å²) in [6.45, 7) is 11.3. The molecular formula is C23H30BrNO3. The molecule has 5 heteroatoms. The summed E-state index contributed by atoms with van der Waals surface area (Å²) in [5.41, 5.74) is 1.50. The van der Waals surface area contributed by atoms with Gasteiger partial charge >= 0.3 is 6.09 Å². The van der Waals surface area contributed by atoms with Crippen LogP contribution in [-0.2, 0) is 17.9 Å². The van der Waals surface area contributed by atoms with Crippen molar-refractivity contribution in [1.29, 1.82) is 0 Å². The van der Waals surface area contributed by atoms with E-state index in [0.717, 1.165) is 21.3 Å². The Morgan fingerprint density at radius 1 is 1.07 bits per heavy atom. The molecular weight excluding hydrogens is 418 g/mol. The van der Waals surface area contributed by atoms with Gasteiger partial charge in [0.25, 0.3) is 0 Å². The fraction of sp³-hybridized carbons (Fsp3) is 0.435. The van der Waals surface area contributed by atoms with Gasteiger partial charge in [0.1, 0.15) is 18.0 Å². The van der Waals surface area contributed by atoms with Gasteiger partial charge < -0.3 is 14.4 Å². The average molecular weight is 448 g/mol. The number of halogens is 1. The smallest absolute Gasteiger partial charge is 0.410 e. The van der Waals surface area contributed by atoms with Gasteiger partial charge in [-0.15, -0.1) is 0 Å². The molecule has 2 aromatic rings. The minimum Gasteiger partial charge on any atom is -0.489 e. The first-order valence-corrected chi connectivity index (χ1v) is 10.4. The van der Waals surface area contributed by atoms with Crippen molar-refractivity contribution < 1.29 is 14.3 Å². The number of hydrogen-bond donors (Lipinski definition) is 0. The Labute approximate surface area is 177 Å². The monoisotopic (exact) mass is 447 g/mol. The topological polar surface area (TPSA) is 38.8 Å². The number of carbonyl (C=O) groups is 1. The number of rotatable bonds is 7. The fourth-order valence-corrected chi connectivity index (χ4v) is 3.20. The van der Waals surface area contributed by atoms with Crippen molar-refractivity contribution >= 4 is 22.0 Å². The maximum Gasteiger partial charge on any atom is 0.410 e. The Balaban J connectivity index is 2.21. The van der Waals surface area contributed by atoms with Crippen LogP contribution in [0.25, 0.3) is 0 Å². The van der Waals surface area contributed by atoms with E-state index in [1.807, 2.05) is 69.3 Å². The maximum absolute atomic E-state index is 12.7. The third-order valence-corrected chi connectivity index (χ3v) is 4.64. The largest absolute Gasteiger partial charge is 0.489 e. The number of carbonyl (C=O) groups excluding carboxylic acids is 1. The standard InChI is InChI=1S/C23H30BrNO3/c1-17(2)14-25(22(26)28-23(3,4)5)15-19-20(24)12-9-13-21(19)27-16-18-10-7-6-8-11-18/h6-13,17H,14-16H2,1-5H3. The zero-order valence-electron chi connectivity index (χ0n) is 17.4. The lowest BCUT2D eigenvalue weighted by Crippen LogP contribution is -2.38. The second kappa shape index (κ2) is 9.97. The second-order valence-electron chi connectivity index (χ2n) is 8.25. The van der Waals surface area contributed by atoms with E-state index in [2.05, 4.69) is 29.8 Å². The summed E-state index contributed by atoms with van der Waals surface area (Å²) in [5.74, 6) is 1.08. The molecule has 0 heterocycles. The molecule has 0 fully saturated rings. The first-order chi connectivity index (χ1) is 13.2. The highest BCUT2D eigenvalue weighted by atomic mass is 79.9. The highest BCUT2D eigenvalue weighted by molar-refractivity contribution is 9.10. The highest BCUT2D eigenvalue weighted by Crippen LogP contribution is 2.30. The van der Waals surface area contributed by atoms with Crippen LogP contribution in [0.5, 0.6) is 5.75 Å². The van der Waals surface area contributed by atoms with E-state index < -0.39 is 5.60 Å². The van der Waals surface area contributed by atoms with Gasteiger partial charge in [-0.25, -0.2) is 4.79 Å². The molecule has 0 saturated heterocycles. The van der Waals surface area contributed by atoms with Crippen LogP contribution < -0.4 is 4.74 Å². The van der Waals surface area contributed by atoms with E-state index in [-0.39, 0.29) is 6.09 Å². The molecule has 0 aliphatic carbocycles. The minimum absolute atomic E-state index is 0.314. The van der Waals surface area contributed by atoms with Crippen molar-refractivity contribution in [2.75, 3.05) is 6.54 Å². The molecule has 2 aromatic carbocycles. The molecule has 0 aliphatic heterocycles. The summed E-state index contributed by atoms with van der Waals surface area (Å²) in [6, 6.07) is 15.9. The minimum atomic E-state index is -0.535. The SMILES string of the molecule is CC(C)CN(Cc1c(Br)cccc1OCc1ccccc1)C(=O)OC(C)(C)C. The second-order valence-corrected chi connectivity index (χ2v) is 9.10. The molecule has 0 radical (unpaired) electrons. The third kappa shape index (κ3) is 7.19. The van der Waals surface area contributed by atoms with Gasteiger partial charge in [-0.1, -0.05) is 66.2 Å². The van der Waals surface area contributed by atoms with Crippen LogP contribution in [0, 0.1) is 5.92 Å². The fourth-order valence-electron chi connectivity index (χ4n) is 2.72. The predicted octanol–water partition coefficient (Wildman–Crippen LogP) is 6.42. The van der Waals surface area contributed by atoms with Crippen molar-refractivity contribution in [3.63, 3.8) is 0 Å². The Bertz CT molecular complexity index is 769. The lowest BCUT2D eigenvalue weighted by Gasteiger charge is -2.29. The molecule has 4 nitrogen and oxygen atoms in total. The van der Waals surface area contributed by atoms with Crippen LogP contribution >= 0.6 is 15.9 Å². The van der Waals surface area contributed by atoms with Crippen molar-refractivity contribution in [3.8, 4) is 5.75 Å². The Morgan fingerprint density at radius 3 is 2.36 bits per heavy atom. The van der Waals surface area contributed by atoms with E-state index in [4.69, 9.17) is 9.47 Å². The summed E-state index contributed by atoms with van der Waals surface area (Å²) in [6.07, 6.45) is -0.314. The first-order valence-electron chi connectivity index (χ1n) is 9.57. The summed E-state index contributed by atoms with van der Waals surface area (Å²) in [5, 5.41) is 0. The molecule has 2 rings (SSSR count). The lowest BCUT2D eigenvalue weighted by atomic mass is 10.1. The number of hydrogen-bond acceptors (Lipinski definition) is 3. The molecule has 0 N–H and O–H groups in total. The van der Waals surface area contributed by atoms with Gasteiger partial charge in [0.05, 0.1) is 6.54 Å². The van der Waals surface area contributed by atoms with Crippen molar-refractivity contribution in [1.82, 2.24) is 4.90 Å². The predicted molar refractivity (Wildman–Crippen MR) is 116 cm³/mol. The molecule has 28 heavy (non-hydrogen) atoms. The Kier molecular flexibility index (Phi) is 7.93. The molecule has 0 saturated carbocycles. The molecule has 0 atom stereocenters. The van der Waals surface area contributed by atoms with Crippen LogP contribution in [0.4, 0.5) is 4.79 Å². The van der Waals surface area contributed by atoms with E-state index in [1.165, 1.54) is 0 Å². The van der Waals surface area contributed by atoms with E-state index in [9.17, 15) is 4.79 Å². The molecule has 0 unspecified atom stereocenters. The molecule has 0 aliphatic rings. The van der Waals surface area contributed by atoms with Crippen LogP contribution in [-0.4, -0.2) is 23.1 Å². The van der Waals surface area contributed by atoms with Gasteiger partial charge in [-0.05, 0) is 44.4 Å². The quantitative estimate of drug-likeness (QED) is 0.491. The Hall–Kier alpha value is -2.01. The molecule has 152 valence electrons. The summed E-state index contributed by atoms with van der Waals surface area (Å²) in [4.78, 5) is 14.5. The van der Waals surface area contributed by atoms with Crippen LogP contribution in [0.2, 0.25) is 0 Å². The molecule has 0 bridgehead atoms. The van der Waals surface area contributed by atoms with Gasteiger partial charge in [0, 0.05) is 16.6 Å². The summed E-state index contributed by atoms with van der Waals surface area (Å²) >= 11 is 3.62. The summed E-state index contributed by atoms with van der Waals surface area (Å²) in [7, 11) is 0. The van der Waals surface area contributed by atoms with Crippen molar-refractivity contribution in [2.24, 2.45) is 5.92 Å². The first kappa shape index (κ1) is 22.3. The van der Waals surface area contributed by atoms with Gasteiger partial charge in [-0.3, -0.25) is 0 Å². The normalized spacial score (nSPS) is 11.4. The van der Waals surface area contributed by atoms with Crippen molar-refractivity contribution in [2.45, 2.75) is 53.4 Å². The van der Waals surface area contributed by atoms with Gasteiger partial charge in [-0.2, -0.15) is 0 Å². The molecule has 0 spiro atoms.